The van der Waals surface area contributed by atoms with Gasteiger partial charge in [-0.15, -0.1) is 0 Å². The van der Waals surface area contributed by atoms with Gasteiger partial charge in [-0.1, -0.05) is 17.7 Å². The topological polar surface area (TPSA) is 68.2 Å². The second-order valence-electron chi connectivity index (χ2n) is 7.33. The molecule has 3 rings (SSSR count). The summed E-state index contributed by atoms with van der Waals surface area (Å²) in [5.41, 5.74) is 0.955. The highest BCUT2D eigenvalue weighted by atomic mass is 35.5. The number of halogens is 1. The first-order chi connectivity index (χ1) is 12.6. The van der Waals surface area contributed by atoms with Gasteiger partial charge in [0.05, 0.1) is 35.5 Å². The zero-order chi connectivity index (χ0) is 18.5. The molecule has 1 aromatic rings. The fourth-order valence-electron chi connectivity index (χ4n) is 3.91. The van der Waals surface area contributed by atoms with Gasteiger partial charge in [0.2, 0.25) is 0 Å². The van der Waals surface area contributed by atoms with Crippen LogP contribution < -0.4 is 4.74 Å². The van der Waals surface area contributed by atoms with Crippen LogP contribution in [0.3, 0.4) is 0 Å². The molecule has 26 heavy (non-hydrogen) atoms. The second-order valence-corrected chi connectivity index (χ2v) is 7.73. The first kappa shape index (κ1) is 19.9. The summed E-state index contributed by atoms with van der Waals surface area (Å²) in [7, 11) is 1.76. The first-order valence-corrected chi connectivity index (χ1v) is 9.90. The predicted octanol–water partition coefficient (Wildman–Crippen LogP) is 3.64. The minimum atomic E-state index is -0.422. The molecule has 2 fully saturated rings. The molecule has 1 saturated carbocycles. The minimum Gasteiger partial charge on any atom is -0.489 e. The molecule has 0 bridgehead atoms. The lowest BCUT2D eigenvalue weighted by Gasteiger charge is -2.33. The number of aliphatic hydroxyl groups excluding tert-OH is 2. The zero-order valence-corrected chi connectivity index (χ0v) is 16.0. The smallest absolute Gasteiger partial charge is 0.138 e. The summed E-state index contributed by atoms with van der Waals surface area (Å²) in [6.07, 6.45) is 5.27. The fraction of sp³-hybridized carbons (Fsp3) is 0.700. The SMILES string of the molecule is COC1CCC(Oc2cc(C3CC(O)CC(CCO)O3)ccc2Cl)CC1. The first-order valence-electron chi connectivity index (χ1n) is 9.52. The van der Waals surface area contributed by atoms with E-state index < -0.39 is 6.10 Å². The Morgan fingerprint density at radius 1 is 1.15 bits per heavy atom. The van der Waals surface area contributed by atoms with Crippen molar-refractivity contribution in [3.8, 4) is 5.75 Å². The summed E-state index contributed by atoms with van der Waals surface area (Å²) in [6.45, 7) is 0.0588. The van der Waals surface area contributed by atoms with E-state index in [4.69, 9.17) is 30.9 Å². The molecule has 1 saturated heterocycles. The van der Waals surface area contributed by atoms with Crippen molar-refractivity contribution in [1.29, 1.82) is 0 Å². The van der Waals surface area contributed by atoms with E-state index in [0.29, 0.717) is 36.1 Å². The number of hydrogen-bond donors (Lipinski definition) is 2. The van der Waals surface area contributed by atoms with Crippen molar-refractivity contribution in [2.75, 3.05) is 13.7 Å². The van der Waals surface area contributed by atoms with Crippen LogP contribution in [0.5, 0.6) is 5.75 Å². The maximum absolute atomic E-state index is 10.1. The van der Waals surface area contributed by atoms with Crippen LogP contribution in [-0.4, -0.2) is 48.3 Å². The van der Waals surface area contributed by atoms with Gasteiger partial charge in [-0.3, -0.25) is 0 Å². The predicted molar refractivity (Wildman–Crippen MR) is 99.7 cm³/mol. The van der Waals surface area contributed by atoms with E-state index >= 15 is 0 Å². The quantitative estimate of drug-likeness (QED) is 0.783. The van der Waals surface area contributed by atoms with Crippen LogP contribution in [0.4, 0.5) is 0 Å². The Morgan fingerprint density at radius 3 is 2.58 bits per heavy atom. The van der Waals surface area contributed by atoms with Crippen LogP contribution in [0.1, 0.15) is 56.6 Å². The van der Waals surface area contributed by atoms with Crippen molar-refractivity contribution in [2.24, 2.45) is 0 Å². The van der Waals surface area contributed by atoms with Gasteiger partial charge in [-0.05, 0) is 56.2 Å². The van der Waals surface area contributed by atoms with Gasteiger partial charge >= 0.3 is 0 Å². The van der Waals surface area contributed by atoms with Crippen molar-refractivity contribution in [1.82, 2.24) is 0 Å². The normalized spacial score (nSPS) is 32.4. The highest BCUT2D eigenvalue weighted by Crippen LogP contribution is 2.37. The molecule has 5 nitrogen and oxygen atoms in total. The molecule has 1 aliphatic carbocycles. The number of benzene rings is 1. The molecule has 0 radical (unpaired) electrons. The van der Waals surface area contributed by atoms with E-state index in [0.717, 1.165) is 31.2 Å². The largest absolute Gasteiger partial charge is 0.489 e. The van der Waals surface area contributed by atoms with Crippen molar-refractivity contribution < 1.29 is 24.4 Å². The van der Waals surface area contributed by atoms with Crippen molar-refractivity contribution >= 4 is 11.6 Å². The summed E-state index contributed by atoms with van der Waals surface area (Å²) in [4.78, 5) is 0. The molecule has 6 heteroatoms. The van der Waals surface area contributed by atoms with Crippen molar-refractivity contribution in [3.05, 3.63) is 28.8 Å². The van der Waals surface area contributed by atoms with Gasteiger partial charge in [0, 0.05) is 20.1 Å². The molecule has 1 aromatic carbocycles. The highest BCUT2D eigenvalue weighted by Gasteiger charge is 2.30. The molecule has 3 unspecified atom stereocenters. The third-order valence-corrected chi connectivity index (χ3v) is 5.72. The van der Waals surface area contributed by atoms with Crippen LogP contribution in [0.2, 0.25) is 5.02 Å². The lowest BCUT2D eigenvalue weighted by atomic mass is 9.94. The summed E-state index contributed by atoms with van der Waals surface area (Å²) < 4.78 is 17.6. The summed E-state index contributed by atoms with van der Waals surface area (Å²) in [6, 6.07) is 5.69. The van der Waals surface area contributed by atoms with Gasteiger partial charge in [0.1, 0.15) is 5.75 Å². The van der Waals surface area contributed by atoms with E-state index in [1.807, 2.05) is 18.2 Å². The van der Waals surface area contributed by atoms with E-state index in [1.54, 1.807) is 7.11 Å². The number of hydrogen-bond acceptors (Lipinski definition) is 5. The van der Waals surface area contributed by atoms with Crippen molar-refractivity contribution in [2.45, 2.75) is 75.5 Å². The standard InChI is InChI=1S/C20H29ClO5/c1-24-15-3-5-16(6-4-15)25-20-10-13(2-7-18(20)21)19-12-14(23)11-17(26-19)8-9-22/h2,7,10,14-17,19,22-23H,3-6,8-9,11-12H2,1H3. The Hall–Kier alpha value is -0.850. The maximum Gasteiger partial charge on any atom is 0.138 e. The maximum atomic E-state index is 10.1. The fourth-order valence-corrected chi connectivity index (χ4v) is 4.07. The molecular weight excluding hydrogens is 356 g/mol. The molecule has 2 aliphatic rings. The average molecular weight is 385 g/mol. The molecular formula is C20H29ClO5. The van der Waals surface area contributed by atoms with Crippen LogP contribution in [0.25, 0.3) is 0 Å². The average Bonchev–Trinajstić information content (AvgIpc) is 2.64. The Labute approximate surface area is 160 Å². The van der Waals surface area contributed by atoms with E-state index in [-0.39, 0.29) is 24.9 Å². The molecule has 0 aromatic heterocycles. The molecule has 1 aliphatic heterocycles. The number of aliphatic hydroxyl groups is 2. The number of rotatable bonds is 6. The Bertz CT molecular complexity index is 573. The van der Waals surface area contributed by atoms with Crippen LogP contribution >= 0.6 is 11.6 Å². The molecule has 0 spiro atoms. The van der Waals surface area contributed by atoms with Gasteiger partial charge < -0.3 is 24.4 Å². The Morgan fingerprint density at radius 2 is 1.88 bits per heavy atom. The minimum absolute atomic E-state index is 0.0588. The lowest BCUT2D eigenvalue weighted by molar-refractivity contribution is -0.104. The molecule has 0 amide bonds. The number of ether oxygens (including phenoxy) is 3. The third-order valence-electron chi connectivity index (χ3n) is 5.40. The van der Waals surface area contributed by atoms with Gasteiger partial charge in [-0.25, -0.2) is 0 Å². The number of methoxy groups -OCH3 is 1. The summed E-state index contributed by atoms with van der Waals surface area (Å²) in [5, 5.41) is 19.9. The molecule has 1 heterocycles. The van der Waals surface area contributed by atoms with Crippen LogP contribution in [-0.2, 0) is 9.47 Å². The lowest BCUT2D eigenvalue weighted by Crippen LogP contribution is -2.32. The summed E-state index contributed by atoms with van der Waals surface area (Å²) >= 11 is 6.34. The van der Waals surface area contributed by atoms with E-state index in [9.17, 15) is 5.11 Å². The van der Waals surface area contributed by atoms with Gasteiger partial charge in [0.15, 0.2) is 0 Å². The van der Waals surface area contributed by atoms with Gasteiger partial charge in [0.25, 0.3) is 0 Å². The second kappa shape index (κ2) is 9.38. The Balaban J connectivity index is 1.67. The highest BCUT2D eigenvalue weighted by molar-refractivity contribution is 6.32. The van der Waals surface area contributed by atoms with E-state index in [1.165, 1.54) is 0 Å². The third kappa shape index (κ3) is 5.11. The summed E-state index contributed by atoms with van der Waals surface area (Å²) in [5.74, 6) is 0.674. The van der Waals surface area contributed by atoms with Crippen molar-refractivity contribution in [3.63, 3.8) is 0 Å². The monoisotopic (exact) mass is 384 g/mol. The molecule has 2 N–H and O–H groups in total. The zero-order valence-electron chi connectivity index (χ0n) is 15.3. The van der Waals surface area contributed by atoms with Crippen LogP contribution in [0, 0.1) is 0 Å². The van der Waals surface area contributed by atoms with E-state index in [2.05, 4.69) is 0 Å². The Kier molecular flexibility index (Phi) is 7.18. The molecule has 146 valence electrons. The van der Waals surface area contributed by atoms with Crippen LogP contribution in [0.15, 0.2) is 18.2 Å². The molecule has 3 atom stereocenters. The van der Waals surface area contributed by atoms with Gasteiger partial charge in [-0.2, -0.15) is 0 Å².